The van der Waals surface area contributed by atoms with E-state index >= 15 is 0 Å². The summed E-state index contributed by atoms with van der Waals surface area (Å²) in [5, 5.41) is 11.3. The highest BCUT2D eigenvalue weighted by atomic mass is 35.5. The maximum Gasteiger partial charge on any atom is 0.314 e. The van der Waals surface area contributed by atoms with Crippen LogP contribution in [-0.2, 0) is 16.0 Å². The van der Waals surface area contributed by atoms with Gasteiger partial charge < -0.3 is 9.84 Å². The molecule has 0 aromatic heterocycles. The fourth-order valence-corrected chi connectivity index (χ4v) is 1.88. The van der Waals surface area contributed by atoms with Crippen molar-refractivity contribution in [2.75, 3.05) is 6.61 Å². The minimum Gasteiger partial charge on any atom is -0.465 e. The number of benzene rings is 1. The van der Waals surface area contributed by atoms with E-state index < -0.39 is 17.0 Å². The van der Waals surface area contributed by atoms with Crippen LogP contribution in [0.3, 0.4) is 0 Å². The molecule has 0 heterocycles. The van der Waals surface area contributed by atoms with Gasteiger partial charge in [0.2, 0.25) is 0 Å². The molecule has 0 saturated carbocycles. The van der Waals surface area contributed by atoms with Crippen LogP contribution >= 0.6 is 11.6 Å². The number of carbonyl (C=O) groups excluding carboxylic acids is 1. The molecule has 0 amide bonds. The first kappa shape index (κ1) is 16.0. The number of hydrogen-bond donors (Lipinski definition) is 1. The summed E-state index contributed by atoms with van der Waals surface area (Å²) in [5.74, 6) is -0.394. The second-order valence-electron chi connectivity index (χ2n) is 5.42. The first-order valence-electron chi connectivity index (χ1n) is 6.35. The molecule has 3 nitrogen and oxygen atoms in total. The summed E-state index contributed by atoms with van der Waals surface area (Å²) in [6.45, 7) is 7.10. The predicted molar refractivity (Wildman–Crippen MR) is 76.2 cm³/mol. The Hall–Kier alpha value is -1.06. The number of esters is 1. The lowest BCUT2D eigenvalue weighted by Crippen LogP contribution is -2.49. The lowest BCUT2D eigenvalue weighted by Gasteiger charge is -2.38. The van der Waals surface area contributed by atoms with Gasteiger partial charge in [-0.25, -0.2) is 0 Å². The first-order valence-corrected chi connectivity index (χ1v) is 6.72. The summed E-state index contributed by atoms with van der Waals surface area (Å²) in [5.41, 5.74) is -1.26. The Morgan fingerprint density at radius 1 is 1.26 bits per heavy atom. The van der Waals surface area contributed by atoms with Gasteiger partial charge in [-0.15, -0.1) is 0 Å². The van der Waals surface area contributed by atoms with Crippen molar-refractivity contribution >= 4 is 17.6 Å². The van der Waals surface area contributed by atoms with Crippen LogP contribution in [-0.4, -0.2) is 23.3 Å². The average Bonchev–Trinajstić information content (AvgIpc) is 2.32. The van der Waals surface area contributed by atoms with Crippen LogP contribution in [0, 0.1) is 5.41 Å². The fraction of sp³-hybridized carbons (Fsp3) is 0.533. The van der Waals surface area contributed by atoms with E-state index in [-0.39, 0.29) is 0 Å². The van der Waals surface area contributed by atoms with Crippen molar-refractivity contribution in [3.05, 3.63) is 34.9 Å². The number of rotatable bonds is 5. The summed E-state index contributed by atoms with van der Waals surface area (Å²) in [7, 11) is 0. The molecule has 0 aliphatic heterocycles. The molecule has 0 aliphatic rings. The monoisotopic (exact) mass is 284 g/mol. The number of aliphatic hydroxyl groups is 1. The summed E-state index contributed by atoms with van der Waals surface area (Å²) in [4.78, 5) is 12.0. The van der Waals surface area contributed by atoms with Crippen LogP contribution in [0.25, 0.3) is 0 Å². The maximum atomic E-state index is 12.0. The average molecular weight is 285 g/mol. The Morgan fingerprint density at radius 3 is 2.26 bits per heavy atom. The predicted octanol–water partition coefficient (Wildman–Crippen LogP) is 3.22. The number of carbonyl (C=O) groups is 1. The van der Waals surface area contributed by atoms with Gasteiger partial charge in [0, 0.05) is 11.4 Å². The van der Waals surface area contributed by atoms with Gasteiger partial charge in [-0.2, -0.15) is 0 Å². The summed E-state index contributed by atoms with van der Waals surface area (Å²) in [6.07, 6.45) is 0.357. The molecule has 106 valence electrons. The second-order valence-corrected chi connectivity index (χ2v) is 5.86. The maximum absolute atomic E-state index is 12.0. The van der Waals surface area contributed by atoms with Gasteiger partial charge in [0.05, 0.1) is 17.6 Å². The highest BCUT2D eigenvalue weighted by Crippen LogP contribution is 2.35. The Morgan fingerprint density at radius 2 is 1.79 bits per heavy atom. The molecule has 0 saturated heterocycles. The van der Waals surface area contributed by atoms with Gasteiger partial charge in [0.1, 0.15) is 0 Å². The van der Waals surface area contributed by atoms with Crippen LogP contribution in [0.5, 0.6) is 0 Å². The van der Waals surface area contributed by atoms with E-state index in [1.165, 1.54) is 0 Å². The lowest BCUT2D eigenvalue weighted by atomic mass is 9.73. The molecule has 0 bridgehead atoms. The van der Waals surface area contributed by atoms with Crippen molar-refractivity contribution in [2.24, 2.45) is 5.41 Å². The third-order valence-electron chi connectivity index (χ3n) is 3.59. The van der Waals surface area contributed by atoms with Crippen molar-refractivity contribution in [3.63, 3.8) is 0 Å². The van der Waals surface area contributed by atoms with E-state index in [1.54, 1.807) is 39.8 Å². The highest BCUT2D eigenvalue weighted by molar-refractivity contribution is 6.30. The molecule has 0 radical (unpaired) electrons. The number of halogens is 1. The van der Waals surface area contributed by atoms with Crippen molar-refractivity contribution in [1.29, 1.82) is 0 Å². The lowest BCUT2D eigenvalue weighted by molar-refractivity contribution is -0.168. The zero-order valence-electron chi connectivity index (χ0n) is 11.9. The Labute approximate surface area is 119 Å². The van der Waals surface area contributed by atoms with Crippen LogP contribution in [0.2, 0.25) is 5.02 Å². The molecule has 19 heavy (non-hydrogen) atoms. The minimum absolute atomic E-state index is 0.305. The first-order chi connectivity index (χ1) is 8.70. The molecule has 1 atom stereocenters. The zero-order valence-corrected chi connectivity index (χ0v) is 12.6. The van der Waals surface area contributed by atoms with Crippen LogP contribution in [0.1, 0.15) is 33.3 Å². The molecule has 0 aliphatic carbocycles. The van der Waals surface area contributed by atoms with E-state index in [0.29, 0.717) is 18.1 Å². The third kappa shape index (κ3) is 3.71. The summed E-state index contributed by atoms with van der Waals surface area (Å²) in [6, 6.07) is 7.23. The van der Waals surface area contributed by atoms with Gasteiger partial charge in [-0.05, 0) is 45.4 Å². The number of ether oxygens (including phenoxy) is 1. The summed E-state index contributed by atoms with van der Waals surface area (Å²) < 4.78 is 5.03. The van der Waals surface area contributed by atoms with Crippen LogP contribution < -0.4 is 0 Å². The molecule has 0 spiro atoms. The van der Waals surface area contributed by atoms with Crippen LogP contribution in [0.15, 0.2) is 24.3 Å². The Bertz CT molecular complexity index is 435. The quantitative estimate of drug-likeness (QED) is 0.845. The molecular formula is C15H21ClO3. The van der Waals surface area contributed by atoms with Gasteiger partial charge in [0.15, 0.2) is 0 Å². The smallest absolute Gasteiger partial charge is 0.314 e. The number of hydrogen-bond acceptors (Lipinski definition) is 3. The van der Waals surface area contributed by atoms with Gasteiger partial charge in [-0.3, -0.25) is 4.79 Å². The topological polar surface area (TPSA) is 46.5 Å². The Balaban J connectivity index is 2.90. The van der Waals surface area contributed by atoms with E-state index in [2.05, 4.69) is 0 Å². The largest absolute Gasteiger partial charge is 0.465 e. The van der Waals surface area contributed by atoms with Crippen molar-refractivity contribution in [1.82, 2.24) is 0 Å². The molecule has 1 rings (SSSR count). The zero-order chi connectivity index (χ0) is 14.7. The third-order valence-corrected chi connectivity index (χ3v) is 3.85. The van der Waals surface area contributed by atoms with Gasteiger partial charge in [-0.1, -0.05) is 23.7 Å². The second kappa shape index (κ2) is 5.93. The van der Waals surface area contributed by atoms with Crippen molar-refractivity contribution in [2.45, 2.75) is 39.7 Å². The molecule has 0 unspecified atom stereocenters. The minimum atomic E-state index is -1.20. The molecule has 1 aromatic rings. The normalized spacial score (nSPS) is 14.8. The Kier molecular flexibility index (Phi) is 4.99. The van der Waals surface area contributed by atoms with Crippen molar-refractivity contribution in [3.8, 4) is 0 Å². The van der Waals surface area contributed by atoms with Gasteiger partial charge >= 0.3 is 5.97 Å². The standard InChI is InChI=1S/C15H21ClO3/c1-5-19-13(17)14(2,3)15(4,18)10-11-6-8-12(16)9-7-11/h6-9,18H,5,10H2,1-4H3/t15-/m1/s1. The molecular weight excluding hydrogens is 264 g/mol. The van der Waals surface area contributed by atoms with Crippen molar-refractivity contribution < 1.29 is 14.6 Å². The fourth-order valence-electron chi connectivity index (χ4n) is 1.75. The van der Waals surface area contributed by atoms with Gasteiger partial charge in [0.25, 0.3) is 0 Å². The summed E-state index contributed by atoms with van der Waals surface area (Å²) >= 11 is 5.83. The van der Waals surface area contributed by atoms with E-state index in [0.717, 1.165) is 5.56 Å². The molecule has 4 heteroatoms. The van der Waals surface area contributed by atoms with Crippen LogP contribution in [0.4, 0.5) is 0 Å². The molecule has 1 N–H and O–H groups in total. The van der Waals surface area contributed by atoms with E-state index in [9.17, 15) is 9.90 Å². The molecule has 1 aromatic carbocycles. The SMILES string of the molecule is CCOC(=O)C(C)(C)[C@](C)(O)Cc1ccc(Cl)cc1. The highest BCUT2D eigenvalue weighted by Gasteiger charge is 2.46. The van der Waals surface area contributed by atoms with E-state index in [4.69, 9.17) is 16.3 Å². The molecule has 0 fully saturated rings. The van der Waals surface area contributed by atoms with E-state index in [1.807, 2.05) is 12.1 Å².